The minimum absolute atomic E-state index is 0.0611. The summed E-state index contributed by atoms with van der Waals surface area (Å²) in [4.78, 5) is 14.7. The van der Waals surface area contributed by atoms with Crippen molar-refractivity contribution in [2.45, 2.75) is 25.3 Å². The molecule has 0 saturated carbocycles. The number of benzene rings is 1. The Balaban J connectivity index is 1.52. The van der Waals surface area contributed by atoms with Gasteiger partial charge >= 0.3 is 6.03 Å². The number of amides is 2. The smallest absolute Gasteiger partial charge is 0.317 e. The molecule has 8 nitrogen and oxygen atoms in total. The van der Waals surface area contributed by atoms with Crippen LogP contribution in [0.5, 0.6) is 0 Å². The van der Waals surface area contributed by atoms with E-state index in [-0.39, 0.29) is 12.1 Å². The summed E-state index contributed by atoms with van der Waals surface area (Å²) in [5, 5.41) is 17.6. The number of piperidine rings is 1. The van der Waals surface area contributed by atoms with Crippen LogP contribution in [0, 0.1) is 0 Å². The van der Waals surface area contributed by atoms with Crippen molar-refractivity contribution >= 4 is 11.7 Å². The molecule has 128 valence electrons. The fourth-order valence-electron chi connectivity index (χ4n) is 3.23. The normalized spacial score (nSPS) is 17.4. The maximum atomic E-state index is 12.8. The van der Waals surface area contributed by atoms with Gasteiger partial charge in [0, 0.05) is 24.0 Å². The molecule has 8 heteroatoms. The summed E-state index contributed by atoms with van der Waals surface area (Å²) in [6.45, 7) is 0.741. The largest absolute Gasteiger partial charge is 0.322 e. The van der Waals surface area contributed by atoms with Gasteiger partial charge in [-0.3, -0.25) is 5.10 Å². The molecule has 1 saturated heterocycles. The third kappa shape index (κ3) is 3.23. The van der Waals surface area contributed by atoms with Gasteiger partial charge in [-0.25, -0.2) is 9.48 Å². The second-order valence-corrected chi connectivity index (χ2v) is 6.06. The highest BCUT2D eigenvalue weighted by atomic mass is 16.2. The van der Waals surface area contributed by atoms with Gasteiger partial charge in [0.2, 0.25) is 0 Å². The van der Waals surface area contributed by atoms with E-state index in [4.69, 9.17) is 0 Å². The fraction of sp³-hybridized carbons (Fsp3) is 0.294. The molecule has 0 spiro atoms. The summed E-state index contributed by atoms with van der Waals surface area (Å²) in [6.07, 6.45) is 10.1. The van der Waals surface area contributed by atoms with Gasteiger partial charge in [-0.05, 0) is 37.5 Å². The molecule has 0 aliphatic carbocycles. The van der Waals surface area contributed by atoms with Crippen LogP contribution in [0.4, 0.5) is 10.5 Å². The molecular formula is C17H19N7O. The van der Waals surface area contributed by atoms with E-state index in [1.165, 1.54) is 0 Å². The first-order valence-electron chi connectivity index (χ1n) is 8.34. The lowest BCUT2D eigenvalue weighted by Gasteiger charge is -2.35. The van der Waals surface area contributed by atoms with Crippen LogP contribution in [0.15, 0.2) is 49.1 Å². The zero-order valence-corrected chi connectivity index (χ0v) is 13.7. The number of H-pyrrole nitrogens is 1. The van der Waals surface area contributed by atoms with E-state index < -0.39 is 0 Å². The van der Waals surface area contributed by atoms with Crippen LogP contribution in [0.2, 0.25) is 0 Å². The average molecular weight is 337 g/mol. The summed E-state index contributed by atoms with van der Waals surface area (Å²) in [5.74, 6) is 0. The molecule has 1 fully saturated rings. The third-order valence-corrected chi connectivity index (χ3v) is 4.45. The lowest BCUT2D eigenvalue weighted by molar-refractivity contribution is 0.163. The van der Waals surface area contributed by atoms with E-state index in [2.05, 4.69) is 25.8 Å². The molecule has 3 aromatic rings. The predicted octanol–water partition coefficient (Wildman–Crippen LogP) is 2.75. The number of hydrogen-bond acceptors (Lipinski definition) is 4. The molecule has 0 bridgehead atoms. The number of nitrogens with zero attached hydrogens (tertiary/aromatic N) is 5. The molecule has 1 atom stereocenters. The van der Waals surface area contributed by atoms with Gasteiger partial charge in [0.1, 0.15) is 0 Å². The number of anilines is 1. The first kappa shape index (κ1) is 15.4. The zero-order valence-electron chi connectivity index (χ0n) is 13.7. The lowest BCUT2D eigenvalue weighted by Crippen LogP contribution is -2.41. The molecule has 1 aromatic carbocycles. The molecule has 0 radical (unpaired) electrons. The Hall–Kier alpha value is -3.16. The SMILES string of the molecule is O=C(Nc1cccc(-n2ccnn2)c1)N1CCCC[C@@H]1c1cn[nH]c1. The van der Waals surface area contributed by atoms with E-state index in [0.717, 1.165) is 42.7 Å². The molecule has 2 N–H and O–H groups in total. The summed E-state index contributed by atoms with van der Waals surface area (Å²) in [6, 6.07) is 7.52. The van der Waals surface area contributed by atoms with Gasteiger partial charge in [0.25, 0.3) is 0 Å². The van der Waals surface area contributed by atoms with Crippen LogP contribution in [0.3, 0.4) is 0 Å². The van der Waals surface area contributed by atoms with E-state index >= 15 is 0 Å². The Kier molecular flexibility index (Phi) is 4.16. The topological polar surface area (TPSA) is 91.7 Å². The van der Waals surface area contributed by atoms with Crippen molar-refractivity contribution in [1.82, 2.24) is 30.1 Å². The highest BCUT2D eigenvalue weighted by molar-refractivity contribution is 5.90. The van der Waals surface area contributed by atoms with Crippen LogP contribution in [0.25, 0.3) is 5.69 Å². The number of nitrogens with one attached hydrogen (secondary N) is 2. The quantitative estimate of drug-likeness (QED) is 0.769. The van der Waals surface area contributed by atoms with E-state index in [9.17, 15) is 4.79 Å². The molecule has 25 heavy (non-hydrogen) atoms. The molecule has 1 aliphatic heterocycles. The standard InChI is InChI=1S/C17H19N7O/c25-17(23-8-2-1-6-16(23)13-11-19-20-12-13)21-14-4-3-5-15(10-14)24-9-7-18-22-24/h3-5,7,9-12,16H,1-2,6,8H2,(H,19,20)(H,21,25)/t16-/m1/s1. The lowest BCUT2D eigenvalue weighted by atomic mass is 9.98. The number of aromatic amines is 1. The van der Waals surface area contributed by atoms with Crippen molar-refractivity contribution in [3.05, 3.63) is 54.6 Å². The van der Waals surface area contributed by atoms with Crippen LogP contribution >= 0.6 is 0 Å². The highest BCUT2D eigenvalue weighted by Crippen LogP contribution is 2.30. The van der Waals surface area contributed by atoms with E-state index in [1.807, 2.05) is 35.4 Å². The number of likely N-dealkylation sites (tertiary alicyclic amines) is 1. The molecule has 2 amide bonds. The number of carbonyl (C=O) groups excluding carboxylic acids is 1. The summed E-state index contributed by atoms with van der Waals surface area (Å²) in [7, 11) is 0. The van der Waals surface area contributed by atoms with Crippen molar-refractivity contribution in [2.24, 2.45) is 0 Å². The van der Waals surface area contributed by atoms with E-state index in [0.29, 0.717) is 0 Å². The fourth-order valence-corrected chi connectivity index (χ4v) is 3.23. The summed E-state index contributed by atoms with van der Waals surface area (Å²) >= 11 is 0. The van der Waals surface area contributed by atoms with Gasteiger partial charge in [0.05, 0.1) is 30.3 Å². The monoisotopic (exact) mass is 337 g/mol. The molecule has 0 unspecified atom stereocenters. The Morgan fingerprint density at radius 2 is 2.28 bits per heavy atom. The summed E-state index contributed by atoms with van der Waals surface area (Å²) in [5.41, 5.74) is 2.63. The van der Waals surface area contributed by atoms with Crippen molar-refractivity contribution < 1.29 is 4.79 Å². The van der Waals surface area contributed by atoms with Gasteiger partial charge in [-0.1, -0.05) is 11.3 Å². The van der Waals surface area contributed by atoms with E-state index in [1.54, 1.807) is 23.3 Å². The van der Waals surface area contributed by atoms with Crippen molar-refractivity contribution in [1.29, 1.82) is 0 Å². The zero-order chi connectivity index (χ0) is 17.1. The Morgan fingerprint density at radius 3 is 3.08 bits per heavy atom. The second kappa shape index (κ2) is 6.76. The first-order chi connectivity index (χ1) is 12.3. The maximum Gasteiger partial charge on any atom is 0.322 e. The molecular weight excluding hydrogens is 318 g/mol. The number of carbonyl (C=O) groups is 1. The number of aromatic nitrogens is 5. The highest BCUT2D eigenvalue weighted by Gasteiger charge is 2.28. The molecule has 1 aliphatic rings. The Morgan fingerprint density at radius 1 is 1.32 bits per heavy atom. The molecule has 3 heterocycles. The number of hydrogen-bond donors (Lipinski definition) is 2. The van der Waals surface area contributed by atoms with Crippen molar-refractivity contribution in [3.63, 3.8) is 0 Å². The van der Waals surface area contributed by atoms with Crippen LogP contribution < -0.4 is 5.32 Å². The third-order valence-electron chi connectivity index (χ3n) is 4.45. The van der Waals surface area contributed by atoms with Crippen molar-refractivity contribution in [3.8, 4) is 5.69 Å². The minimum Gasteiger partial charge on any atom is -0.317 e. The predicted molar refractivity (Wildman–Crippen MR) is 92.3 cm³/mol. The van der Waals surface area contributed by atoms with Gasteiger partial charge in [-0.2, -0.15) is 5.10 Å². The Labute approximate surface area is 144 Å². The minimum atomic E-state index is -0.0957. The van der Waals surface area contributed by atoms with Crippen molar-refractivity contribution in [2.75, 3.05) is 11.9 Å². The molecule has 2 aromatic heterocycles. The summed E-state index contributed by atoms with van der Waals surface area (Å²) < 4.78 is 1.66. The molecule has 4 rings (SSSR count). The van der Waals surface area contributed by atoms with Gasteiger partial charge < -0.3 is 10.2 Å². The maximum absolute atomic E-state index is 12.8. The average Bonchev–Trinajstić information content (AvgIpc) is 3.36. The number of rotatable bonds is 3. The Bertz CT molecular complexity index is 829. The first-order valence-corrected chi connectivity index (χ1v) is 8.34. The van der Waals surface area contributed by atoms with Crippen LogP contribution in [-0.4, -0.2) is 42.7 Å². The van der Waals surface area contributed by atoms with Gasteiger partial charge in [-0.15, -0.1) is 5.10 Å². The van der Waals surface area contributed by atoms with Gasteiger partial charge in [0.15, 0.2) is 0 Å². The van der Waals surface area contributed by atoms with Crippen LogP contribution in [-0.2, 0) is 0 Å². The number of urea groups is 1. The second-order valence-electron chi connectivity index (χ2n) is 6.06. The van der Waals surface area contributed by atoms with Crippen LogP contribution in [0.1, 0.15) is 30.9 Å².